The fraction of sp³-hybridized carbons (Fsp3) is 0.182. The molecule has 0 nitrogen and oxygen atoms in total. The Kier molecular flexibility index (Phi) is 6.17. The molecule has 0 aliphatic carbocycles. The van der Waals surface area contributed by atoms with Gasteiger partial charge in [0.25, 0.3) is 0 Å². The summed E-state index contributed by atoms with van der Waals surface area (Å²) in [6.07, 6.45) is -20.6. The summed E-state index contributed by atoms with van der Waals surface area (Å²) in [7, 11) is 0. The van der Waals surface area contributed by atoms with Gasteiger partial charge in [-0.15, -0.1) is 0 Å². The molecule has 3 rings (SSSR count). The van der Waals surface area contributed by atoms with E-state index in [1.54, 1.807) is 0 Å². The van der Waals surface area contributed by atoms with Gasteiger partial charge in [0.1, 0.15) is 0 Å². The van der Waals surface area contributed by atoms with Crippen molar-refractivity contribution in [1.82, 2.24) is 0 Å². The zero-order valence-electron chi connectivity index (χ0n) is 16.3. The molecule has 3 aromatic carbocycles. The van der Waals surface area contributed by atoms with Crippen molar-refractivity contribution in [1.29, 1.82) is 0 Å². The third kappa shape index (κ3) is 5.65. The molecule has 0 aromatic heterocycles. The molecule has 0 spiro atoms. The van der Waals surface area contributed by atoms with Gasteiger partial charge < -0.3 is 0 Å². The van der Waals surface area contributed by atoms with Crippen molar-refractivity contribution in [3.8, 4) is 22.3 Å². The Morgan fingerprint density at radius 1 is 0.324 bits per heavy atom. The molecule has 0 N–H and O–H groups in total. The van der Waals surface area contributed by atoms with Gasteiger partial charge in [0.2, 0.25) is 0 Å². The van der Waals surface area contributed by atoms with Gasteiger partial charge in [-0.25, -0.2) is 0 Å². The average molecular weight is 502 g/mol. The lowest BCUT2D eigenvalue weighted by Crippen LogP contribution is -2.11. The summed E-state index contributed by atoms with van der Waals surface area (Å²) < 4.78 is 158. The SMILES string of the molecule is FC(F)(F)c1cc(-c2cccc(-c3cc(C(F)(F)F)cc(C(F)(F)F)c3)c2)cc(C(F)(F)F)c1. The highest BCUT2D eigenvalue weighted by molar-refractivity contribution is 5.74. The molecular formula is C22H10F12. The van der Waals surface area contributed by atoms with Crippen LogP contribution in [0.2, 0.25) is 0 Å². The lowest BCUT2D eigenvalue weighted by atomic mass is 9.94. The first-order valence-corrected chi connectivity index (χ1v) is 9.05. The molecule has 12 heteroatoms. The van der Waals surface area contributed by atoms with Gasteiger partial charge in [0, 0.05) is 0 Å². The molecule has 0 radical (unpaired) electrons. The van der Waals surface area contributed by atoms with Crippen LogP contribution in [0.1, 0.15) is 22.3 Å². The predicted octanol–water partition coefficient (Wildman–Crippen LogP) is 9.10. The van der Waals surface area contributed by atoms with Crippen LogP contribution in [0.5, 0.6) is 0 Å². The van der Waals surface area contributed by atoms with Crippen molar-refractivity contribution in [3.63, 3.8) is 0 Å². The molecule has 0 saturated heterocycles. The number of halogens is 12. The molecule has 182 valence electrons. The predicted molar refractivity (Wildman–Crippen MR) is 97.3 cm³/mol. The fourth-order valence-corrected chi connectivity index (χ4v) is 3.12. The second-order valence-electron chi connectivity index (χ2n) is 7.17. The van der Waals surface area contributed by atoms with E-state index >= 15 is 0 Å². The Bertz CT molecular complexity index is 1040. The second-order valence-corrected chi connectivity index (χ2v) is 7.17. The van der Waals surface area contributed by atoms with Gasteiger partial charge in [-0.3, -0.25) is 0 Å². The summed E-state index contributed by atoms with van der Waals surface area (Å²) in [5, 5.41) is 0. The topological polar surface area (TPSA) is 0 Å². The molecular weight excluding hydrogens is 492 g/mol. The standard InChI is InChI=1S/C22H10F12/c23-19(24,25)15-5-13(6-16(9-15)20(26,27)28)11-2-1-3-12(4-11)14-7-17(21(29,30)31)10-18(8-14)22(32,33)34/h1-10H. The van der Waals surface area contributed by atoms with Crippen LogP contribution in [0.15, 0.2) is 60.7 Å². The maximum Gasteiger partial charge on any atom is 0.416 e. The van der Waals surface area contributed by atoms with Gasteiger partial charge in [-0.2, -0.15) is 52.7 Å². The Balaban J connectivity index is 2.21. The van der Waals surface area contributed by atoms with Gasteiger partial charge in [-0.05, 0) is 64.7 Å². The summed E-state index contributed by atoms with van der Waals surface area (Å²) in [6, 6.07) is 5.57. The molecule has 3 aromatic rings. The van der Waals surface area contributed by atoms with E-state index in [0.29, 0.717) is 24.3 Å². The van der Waals surface area contributed by atoms with E-state index in [0.717, 1.165) is 24.3 Å². The van der Waals surface area contributed by atoms with Crippen molar-refractivity contribution in [2.45, 2.75) is 24.7 Å². The van der Waals surface area contributed by atoms with Crippen molar-refractivity contribution in [2.24, 2.45) is 0 Å². The van der Waals surface area contributed by atoms with Crippen LogP contribution in [0.3, 0.4) is 0 Å². The maximum atomic E-state index is 13.1. The van der Waals surface area contributed by atoms with Crippen LogP contribution in [0.25, 0.3) is 22.3 Å². The quantitative estimate of drug-likeness (QED) is 0.307. The average Bonchev–Trinajstić information content (AvgIpc) is 2.70. The summed E-state index contributed by atoms with van der Waals surface area (Å²) in [5.74, 6) is 0. The summed E-state index contributed by atoms with van der Waals surface area (Å²) >= 11 is 0. The number of benzene rings is 3. The highest BCUT2D eigenvalue weighted by Gasteiger charge is 2.38. The van der Waals surface area contributed by atoms with Crippen LogP contribution >= 0.6 is 0 Å². The second kappa shape index (κ2) is 8.24. The van der Waals surface area contributed by atoms with Crippen molar-refractivity contribution >= 4 is 0 Å². The van der Waals surface area contributed by atoms with Gasteiger partial charge in [0.15, 0.2) is 0 Å². The van der Waals surface area contributed by atoms with Crippen molar-refractivity contribution in [3.05, 3.63) is 82.9 Å². The molecule has 0 unspecified atom stereocenters. The minimum Gasteiger partial charge on any atom is -0.166 e. The number of rotatable bonds is 2. The van der Waals surface area contributed by atoms with Gasteiger partial charge in [0.05, 0.1) is 22.3 Å². The summed E-state index contributed by atoms with van der Waals surface area (Å²) in [4.78, 5) is 0. The highest BCUT2D eigenvalue weighted by Crippen LogP contribution is 2.41. The van der Waals surface area contributed by atoms with E-state index < -0.39 is 58.1 Å². The first-order valence-electron chi connectivity index (χ1n) is 9.05. The lowest BCUT2D eigenvalue weighted by molar-refractivity contribution is -0.144. The Morgan fingerprint density at radius 2 is 0.588 bits per heavy atom. The van der Waals surface area contributed by atoms with Gasteiger partial charge >= 0.3 is 24.7 Å². The molecule has 0 bridgehead atoms. The molecule has 0 aliphatic rings. The third-order valence-corrected chi connectivity index (χ3v) is 4.70. The van der Waals surface area contributed by atoms with Crippen molar-refractivity contribution in [2.75, 3.05) is 0 Å². The van der Waals surface area contributed by atoms with E-state index in [-0.39, 0.29) is 23.3 Å². The van der Waals surface area contributed by atoms with Gasteiger partial charge in [-0.1, -0.05) is 18.2 Å². The van der Waals surface area contributed by atoms with Crippen LogP contribution in [0, 0.1) is 0 Å². The van der Waals surface area contributed by atoms with Crippen LogP contribution in [0.4, 0.5) is 52.7 Å². The van der Waals surface area contributed by atoms with E-state index in [4.69, 9.17) is 0 Å². The zero-order valence-corrected chi connectivity index (χ0v) is 16.3. The minimum absolute atomic E-state index is 0.101. The van der Waals surface area contributed by atoms with E-state index in [9.17, 15) is 52.7 Å². The molecule has 0 fully saturated rings. The molecule has 0 heterocycles. The first-order chi connectivity index (χ1) is 15.4. The van der Waals surface area contributed by atoms with Crippen LogP contribution in [-0.2, 0) is 24.7 Å². The maximum absolute atomic E-state index is 13.1. The Labute approximate surface area is 183 Å². The zero-order chi connectivity index (χ0) is 25.7. The van der Waals surface area contributed by atoms with E-state index in [1.165, 1.54) is 0 Å². The molecule has 34 heavy (non-hydrogen) atoms. The first kappa shape index (κ1) is 25.4. The number of hydrogen-bond donors (Lipinski definition) is 0. The van der Waals surface area contributed by atoms with Crippen molar-refractivity contribution < 1.29 is 52.7 Å². The molecule has 0 atom stereocenters. The minimum atomic E-state index is -5.14. The Morgan fingerprint density at radius 3 is 0.824 bits per heavy atom. The number of hydrogen-bond acceptors (Lipinski definition) is 0. The monoisotopic (exact) mass is 502 g/mol. The lowest BCUT2D eigenvalue weighted by Gasteiger charge is -2.16. The smallest absolute Gasteiger partial charge is 0.166 e. The largest absolute Gasteiger partial charge is 0.416 e. The third-order valence-electron chi connectivity index (χ3n) is 4.70. The van der Waals surface area contributed by atoms with E-state index in [1.807, 2.05) is 0 Å². The van der Waals surface area contributed by atoms with E-state index in [2.05, 4.69) is 0 Å². The summed E-state index contributed by atoms with van der Waals surface area (Å²) in [5.41, 5.74) is -8.20. The normalized spacial score (nSPS) is 13.3. The fourth-order valence-electron chi connectivity index (χ4n) is 3.12. The molecule has 0 saturated carbocycles. The highest BCUT2D eigenvalue weighted by atomic mass is 19.4. The molecule has 0 aliphatic heterocycles. The van der Waals surface area contributed by atoms with Crippen LogP contribution in [-0.4, -0.2) is 0 Å². The Hall–Kier alpha value is -3.18. The molecule has 0 amide bonds. The summed E-state index contributed by atoms with van der Waals surface area (Å²) in [6.45, 7) is 0. The number of alkyl halides is 12. The van der Waals surface area contributed by atoms with Crippen LogP contribution < -0.4 is 0 Å².